The van der Waals surface area contributed by atoms with Crippen LogP contribution in [0.15, 0.2) is 89.8 Å². The number of carbonyl (C=O) groups is 1. The van der Waals surface area contributed by atoms with Gasteiger partial charge in [-0.15, -0.1) is 0 Å². The Morgan fingerprint density at radius 2 is 1.50 bits per heavy atom. The molecule has 4 aromatic rings. The molecule has 0 bridgehead atoms. The molecule has 9 heteroatoms. The van der Waals surface area contributed by atoms with Gasteiger partial charge in [0.05, 0.1) is 4.90 Å². The third kappa shape index (κ3) is 5.31. The van der Waals surface area contributed by atoms with E-state index in [2.05, 4.69) is 10.0 Å². The molecule has 34 heavy (non-hydrogen) atoms. The maximum atomic E-state index is 13.1. The second-order valence-electron chi connectivity index (χ2n) is 7.37. The lowest BCUT2D eigenvalue weighted by Gasteiger charge is -2.13. The number of halogens is 1. The molecular formula is C25H19ClN2O5S. The lowest BCUT2D eigenvalue weighted by Crippen LogP contribution is -2.14. The van der Waals surface area contributed by atoms with Gasteiger partial charge in [-0.1, -0.05) is 35.9 Å². The molecule has 0 spiro atoms. The van der Waals surface area contributed by atoms with Crippen LogP contribution in [-0.4, -0.2) is 24.5 Å². The van der Waals surface area contributed by atoms with Crippen molar-refractivity contribution in [3.05, 3.63) is 95.5 Å². The molecule has 0 saturated heterocycles. The van der Waals surface area contributed by atoms with Crippen LogP contribution in [0.1, 0.15) is 5.56 Å². The first kappa shape index (κ1) is 23.2. The second kappa shape index (κ2) is 9.46. The van der Waals surface area contributed by atoms with Crippen molar-refractivity contribution >= 4 is 55.8 Å². The van der Waals surface area contributed by atoms with Crippen molar-refractivity contribution < 1.29 is 23.4 Å². The van der Waals surface area contributed by atoms with Crippen LogP contribution in [-0.2, 0) is 14.8 Å². The van der Waals surface area contributed by atoms with Crippen LogP contribution in [0.4, 0.5) is 11.4 Å². The van der Waals surface area contributed by atoms with E-state index in [0.29, 0.717) is 32.7 Å². The van der Waals surface area contributed by atoms with Gasteiger partial charge in [0.1, 0.15) is 11.5 Å². The van der Waals surface area contributed by atoms with Gasteiger partial charge >= 0.3 is 0 Å². The molecule has 0 aliphatic carbocycles. The SMILES string of the molecule is O=C(C=Cc1cc(O)cc(O)c1)Nc1cccc2c(S(=O)(=O)Nc3ccc(Cl)cc3)cccc12. The van der Waals surface area contributed by atoms with Crippen molar-refractivity contribution in [2.75, 3.05) is 10.0 Å². The highest BCUT2D eigenvalue weighted by atomic mass is 35.5. The van der Waals surface area contributed by atoms with Crippen LogP contribution in [0.25, 0.3) is 16.8 Å². The van der Waals surface area contributed by atoms with Crippen molar-refractivity contribution in [2.24, 2.45) is 0 Å². The van der Waals surface area contributed by atoms with Crippen LogP contribution in [0.2, 0.25) is 5.02 Å². The number of rotatable bonds is 6. The van der Waals surface area contributed by atoms with E-state index in [0.717, 1.165) is 0 Å². The summed E-state index contributed by atoms with van der Waals surface area (Å²) in [5, 5.41) is 23.3. The Kier molecular flexibility index (Phi) is 6.45. The van der Waals surface area contributed by atoms with Crippen LogP contribution in [0.3, 0.4) is 0 Å². The summed E-state index contributed by atoms with van der Waals surface area (Å²) in [4.78, 5) is 12.5. The predicted molar refractivity (Wildman–Crippen MR) is 134 cm³/mol. The normalized spacial score (nSPS) is 11.6. The third-order valence-corrected chi connectivity index (χ3v) is 6.57. The summed E-state index contributed by atoms with van der Waals surface area (Å²) in [5.41, 5.74) is 1.23. The van der Waals surface area contributed by atoms with Crippen molar-refractivity contribution in [1.29, 1.82) is 0 Å². The van der Waals surface area contributed by atoms with Gasteiger partial charge in [0.2, 0.25) is 5.91 Å². The first-order chi connectivity index (χ1) is 16.2. The number of anilines is 2. The fourth-order valence-electron chi connectivity index (χ4n) is 3.41. The number of hydrogen-bond acceptors (Lipinski definition) is 5. The Balaban J connectivity index is 1.61. The average Bonchev–Trinajstić information content (AvgIpc) is 2.78. The summed E-state index contributed by atoms with van der Waals surface area (Å²) in [6.07, 6.45) is 2.68. The topological polar surface area (TPSA) is 116 Å². The Hall–Kier alpha value is -4.01. The summed E-state index contributed by atoms with van der Waals surface area (Å²) in [6, 6.07) is 20.0. The van der Waals surface area contributed by atoms with E-state index in [1.165, 1.54) is 36.4 Å². The Morgan fingerprint density at radius 3 is 2.21 bits per heavy atom. The number of aromatic hydroxyl groups is 2. The van der Waals surface area contributed by atoms with E-state index in [4.69, 9.17) is 11.6 Å². The summed E-state index contributed by atoms with van der Waals surface area (Å²) in [7, 11) is -3.92. The maximum Gasteiger partial charge on any atom is 0.262 e. The molecular weight excluding hydrogens is 476 g/mol. The van der Waals surface area contributed by atoms with E-state index in [9.17, 15) is 23.4 Å². The van der Waals surface area contributed by atoms with Gasteiger partial charge in [-0.3, -0.25) is 9.52 Å². The molecule has 0 heterocycles. The number of nitrogens with one attached hydrogen (secondary N) is 2. The van der Waals surface area contributed by atoms with Crippen molar-refractivity contribution in [3.63, 3.8) is 0 Å². The first-order valence-corrected chi connectivity index (χ1v) is 11.9. The number of hydrogen-bond donors (Lipinski definition) is 4. The fourth-order valence-corrected chi connectivity index (χ4v) is 4.82. The number of phenolic OH excluding ortho intramolecular Hbond substituents is 2. The molecule has 0 radical (unpaired) electrons. The Morgan fingerprint density at radius 1 is 0.853 bits per heavy atom. The number of sulfonamides is 1. The zero-order chi connectivity index (χ0) is 24.3. The first-order valence-electron chi connectivity index (χ1n) is 10.0. The molecule has 1 amide bonds. The minimum Gasteiger partial charge on any atom is -0.508 e. The van der Waals surface area contributed by atoms with Crippen LogP contribution < -0.4 is 10.0 Å². The molecule has 0 atom stereocenters. The van der Waals surface area contributed by atoms with Gasteiger partial charge in [-0.2, -0.15) is 0 Å². The predicted octanol–water partition coefficient (Wildman–Crippen LogP) is 5.36. The molecule has 0 aromatic heterocycles. The van der Waals surface area contributed by atoms with E-state index < -0.39 is 15.9 Å². The highest BCUT2D eigenvalue weighted by Crippen LogP contribution is 2.30. The lowest BCUT2D eigenvalue weighted by atomic mass is 10.1. The largest absolute Gasteiger partial charge is 0.508 e. The number of benzene rings is 4. The molecule has 0 saturated carbocycles. The highest BCUT2D eigenvalue weighted by Gasteiger charge is 2.18. The van der Waals surface area contributed by atoms with E-state index in [1.54, 1.807) is 54.6 Å². The molecule has 0 fully saturated rings. The quantitative estimate of drug-likeness (QED) is 0.269. The minimum atomic E-state index is -3.92. The summed E-state index contributed by atoms with van der Waals surface area (Å²) < 4.78 is 28.7. The monoisotopic (exact) mass is 494 g/mol. The minimum absolute atomic E-state index is 0.0572. The standard InChI is InChI=1S/C25H19ClN2O5S/c26-17-8-10-18(11-9-17)28-34(32,33)24-6-2-3-21-22(24)4-1-5-23(21)27-25(31)12-7-16-13-19(29)15-20(30)14-16/h1-15,28-30H,(H,27,31). The maximum absolute atomic E-state index is 13.1. The highest BCUT2D eigenvalue weighted by molar-refractivity contribution is 7.93. The van der Waals surface area contributed by atoms with Crippen molar-refractivity contribution in [1.82, 2.24) is 0 Å². The van der Waals surface area contributed by atoms with Crippen molar-refractivity contribution in [3.8, 4) is 11.5 Å². The van der Waals surface area contributed by atoms with E-state index >= 15 is 0 Å². The number of amides is 1. The lowest BCUT2D eigenvalue weighted by molar-refractivity contribution is -0.111. The molecule has 4 rings (SSSR count). The van der Waals surface area contributed by atoms with Gasteiger partial charge in [0.25, 0.3) is 10.0 Å². The molecule has 172 valence electrons. The molecule has 0 aliphatic rings. The van der Waals surface area contributed by atoms with Gasteiger partial charge < -0.3 is 15.5 Å². The van der Waals surface area contributed by atoms with Gasteiger partial charge in [0, 0.05) is 39.3 Å². The smallest absolute Gasteiger partial charge is 0.262 e. The van der Waals surface area contributed by atoms with Gasteiger partial charge in [-0.25, -0.2) is 8.42 Å². The second-order valence-corrected chi connectivity index (χ2v) is 9.46. The average molecular weight is 495 g/mol. The molecule has 4 N–H and O–H groups in total. The summed E-state index contributed by atoms with van der Waals surface area (Å²) in [5.74, 6) is -0.729. The van der Waals surface area contributed by atoms with Crippen LogP contribution >= 0.6 is 11.6 Å². The van der Waals surface area contributed by atoms with E-state index in [1.807, 2.05) is 0 Å². The Labute approximate surface area is 201 Å². The summed E-state index contributed by atoms with van der Waals surface area (Å²) >= 11 is 5.87. The molecule has 7 nitrogen and oxygen atoms in total. The molecule has 0 aliphatic heterocycles. The van der Waals surface area contributed by atoms with Crippen LogP contribution in [0.5, 0.6) is 11.5 Å². The zero-order valence-corrected chi connectivity index (χ0v) is 19.1. The summed E-state index contributed by atoms with van der Waals surface area (Å²) in [6.45, 7) is 0. The number of fused-ring (bicyclic) bond motifs is 1. The van der Waals surface area contributed by atoms with Crippen molar-refractivity contribution in [2.45, 2.75) is 4.90 Å². The van der Waals surface area contributed by atoms with E-state index in [-0.39, 0.29) is 16.4 Å². The zero-order valence-electron chi connectivity index (χ0n) is 17.6. The fraction of sp³-hybridized carbons (Fsp3) is 0. The number of carbonyl (C=O) groups excluding carboxylic acids is 1. The van der Waals surface area contributed by atoms with Gasteiger partial charge in [0.15, 0.2) is 0 Å². The Bertz CT molecular complexity index is 1500. The van der Waals surface area contributed by atoms with Crippen LogP contribution in [0, 0.1) is 0 Å². The third-order valence-electron chi connectivity index (χ3n) is 4.88. The molecule has 0 unspecified atom stereocenters. The molecule has 4 aromatic carbocycles. The van der Waals surface area contributed by atoms with Gasteiger partial charge in [-0.05, 0) is 60.2 Å². The number of phenols is 2.